The molecule has 2 aliphatic rings. The Morgan fingerprint density at radius 2 is 2.00 bits per heavy atom. The topological polar surface area (TPSA) is 77.9 Å². The van der Waals surface area contributed by atoms with Crippen LogP contribution < -0.4 is 0 Å². The van der Waals surface area contributed by atoms with Crippen LogP contribution in [0.5, 0.6) is 0 Å². The van der Waals surface area contributed by atoms with Gasteiger partial charge in [0.2, 0.25) is 10.0 Å². The van der Waals surface area contributed by atoms with E-state index < -0.39 is 22.0 Å². The maximum atomic E-state index is 13.4. The number of carboxylic acid groups (broad SMARTS) is 1. The molecule has 1 unspecified atom stereocenters. The SMILES string of the molecule is Cc1cc(F)ccc1C(C(=O)O)N1CCC(CCN2CCCS2(=O)=O)CC1. The third kappa shape index (κ3) is 4.67. The van der Waals surface area contributed by atoms with E-state index in [0.717, 1.165) is 19.3 Å². The number of benzene rings is 1. The van der Waals surface area contributed by atoms with E-state index in [0.29, 0.717) is 49.6 Å². The van der Waals surface area contributed by atoms with E-state index in [1.165, 1.54) is 12.1 Å². The molecule has 1 aromatic rings. The van der Waals surface area contributed by atoms with Crippen LogP contribution in [0.4, 0.5) is 4.39 Å². The van der Waals surface area contributed by atoms with Gasteiger partial charge in [0.05, 0.1) is 5.75 Å². The molecule has 150 valence electrons. The van der Waals surface area contributed by atoms with Gasteiger partial charge < -0.3 is 5.11 Å². The summed E-state index contributed by atoms with van der Waals surface area (Å²) in [5.41, 5.74) is 1.27. The van der Waals surface area contributed by atoms with Crippen LogP contribution in [0.15, 0.2) is 18.2 Å². The van der Waals surface area contributed by atoms with Gasteiger partial charge in [0, 0.05) is 13.1 Å². The molecule has 2 aliphatic heterocycles. The lowest BCUT2D eigenvalue weighted by molar-refractivity contribution is -0.144. The van der Waals surface area contributed by atoms with Crippen LogP contribution in [0.2, 0.25) is 0 Å². The Balaban J connectivity index is 1.59. The highest BCUT2D eigenvalue weighted by Crippen LogP contribution is 2.31. The minimum absolute atomic E-state index is 0.253. The summed E-state index contributed by atoms with van der Waals surface area (Å²) in [6, 6.07) is 3.47. The van der Waals surface area contributed by atoms with Crippen LogP contribution in [-0.2, 0) is 14.8 Å². The Bertz CT molecular complexity index is 791. The van der Waals surface area contributed by atoms with Crippen LogP contribution in [0.25, 0.3) is 0 Å². The van der Waals surface area contributed by atoms with Gasteiger partial charge in [-0.1, -0.05) is 6.07 Å². The number of rotatable bonds is 6. The van der Waals surface area contributed by atoms with Crippen LogP contribution in [-0.4, -0.2) is 60.6 Å². The monoisotopic (exact) mass is 398 g/mol. The molecule has 1 atom stereocenters. The van der Waals surface area contributed by atoms with Crippen molar-refractivity contribution >= 4 is 16.0 Å². The van der Waals surface area contributed by atoms with E-state index >= 15 is 0 Å². The summed E-state index contributed by atoms with van der Waals surface area (Å²) in [5.74, 6) is -0.633. The van der Waals surface area contributed by atoms with E-state index in [2.05, 4.69) is 0 Å². The second-order valence-electron chi connectivity index (χ2n) is 7.58. The molecule has 0 amide bonds. The van der Waals surface area contributed by atoms with Crippen LogP contribution in [0.3, 0.4) is 0 Å². The highest BCUT2D eigenvalue weighted by molar-refractivity contribution is 7.89. The summed E-state index contributed by atoms with van der Waals surface area (Å²) in [6.45, 7) is 4.20. The number of sulfonamides is 1. The molecule has 0 radical (unpaired) electrons. The molecule has 2 saturated heterocycles. The zero-order chi connectivity index (χ0) is 19.6. The molecule has 1 N–H and O–H groups in total. The largest absolute Gasteiger partial charge is 0.480 e. The number of hydrogen-bond acceptors (Lipinski definition) is 4. The van der Waals surface area contributed by atoms with Crippen molar-refractivity contribution in [3.63, 3.8) is 0 Å². The molecule has 0 bridgehead atoms. The van der Waals surface area contributed by atoms with E-state index in [-0.39, 0.29) is 11.6 Å². The van der Waals surface area contributed by atoms with Crippen LogP contribution >= 0.6 is 0 Å². The second-order valence-corrected chi connectivity index (χ2v) is 9.67. The third-order valence-corrected chi connectivity index (χ3v) is 7.72. The van der Waals surface area contributed by atoms with Gasteiger partial charge in [0.1, 0.15) is 11.9 Å². The minimum atomic E-state index is -3.05. The number of aliphatic carboxylic acids is 1. The molecule has 0 saturated carbocycles. The lowest BCUT2D eigenvalue weighted by atomic mass is 9.91. The first-order valence-electron chi connectivity index (χ1n) is 9.48. The van der Waals surface area contributed by atoms with Gasteiger partial charge in [-0.2, -0.15) is 0 Å². The number of piperidine rings is 1. The summed E-state index contributed by atoms with van der Waals surface area (Å²) in [5, 5.41) is 9.73. The Labute approximate surface area is 160 Å². The Hall–Kier alpha value is -1.51. The van der Waals surface area contributed by atoms with Crippen LogP contribution in [0, 0.1) is 18.7 Å². The Morgan fingerprint density at radius 1 is 1.30 bits per heavy atom. The quantitative estimate of drug-likeness (QED) is 0.796. The molecule has 3 rings (SSSR count). The lowest BCUT2D eigenvalue weighted by Crippen LogP contribution is -2.41. The first-order chi connectivity index (χ1) is 12.8. The maximum Gasteiger partial charge on any atom is 0.325 e. The summed E-state index contributed by atoms with van der Waals surface area (Å²) >= 11 is 0. The van der Waals surface area contributed by atoms with Crippen LogP contribution in [0.1, 0.15) is 42.9 Å². The van der Waals surface area contributed by atoms with Crippen molar-refractivity contribution in [2.45, 2.75) is 38.6 Å². The normalized spacial score (nSPS) is 22.7. The number of nitrogens with zero attached hydrogens (tertiary/aromatic N) is 2. The van der Waals surface area contributed by atoms with Gasteiger partial charge in [0.15, 0.2) is 0 Å². The van der Waals surface area contributed by atoms with Crippen molar-refractivity contribution < 1.29 is 22.7 Å². The van der Waals surface area contributed by atoms with Gasteiger partial charge in [0.25, 0.3) is 0 Å². The smallest absolute Gasteiger partial charge is 0.325 e. The predicted molar refractivity (Wildman–Crippen MR) is 100 cm³/mol. The molecular formula is C19H27FN2O4S. The summed E-state index contributed by atoms with van der Waals surface area (Å²) in [6.07, 6.45) is 3.22. The van der Waals surface area contributed by atoms with Crippen molar-refractivity contribution in [2.75, 3.05) is 31.9 Å². The van der Waals surface area contributed by atoms with Gasteiger partial charge in [-0.25, -0.2) is 17.1 Å². The standard InChI is InChI=1S/C19H27FN2O4S/c1-14-13-16(20)3-4-17(14)18(19(23)24)21-9-5-15(6-10-21)7-11-22-8-2-12-27(22,25)26/h3-4,13,15,18H,2,5-12H2,1H3,(H,23,24). The first-order valence-corrected chi connectivity index (χ1v) is 11.1. The lowest BCUT2D eigenvalue weighted by Gasteiger charge is -2.36. The van der Waals surface area contributed by atoms with E-state index in [9.17, 15) is 22.7 Å². The zero-order valence-electron chi connectivity index (χ0n) is 15.6. The van der Waals surface area contributed by atoms with E-state index in [1.807, 2.05) is 4.90 Å². The number of hydrogen-bond donors (Lipinski definition) is 1. The Morgan fingerprint density at radius 3 is 2.56 bits per heavy atom. The average molecular weight is 399 g/mol. The fourth-order valence-corrected chi connectivity index (χ4v) is 5.74. The minimum Gasteiger partial charge on any atom is -0.480 e. The molecule has 6 nitrogen and oxygen atoms in total. The van der Waals surface area contributed by atoms with Crippen molar-refractivity contribution in [1.82, 2.24) is 9.21 Å². The fraction of sp³-hybridized carbons (Fsp3) is 0.632. The number of carboxylic acids is 1. The number of likely N-dealkylation sites (tertiary alicyclic amines) is 1. The number of aryl methyl sites for hydroxylation is 1. The maximum absolute atomic E-state index is 13.4. The fourth-order valence-electron chi connectivity index (χ4n) is 4.20. The van der Waals surface area contributed by atoms with Gasteiger partial charge in [-0.05, 0) is 74.9 Å². The van der Waals surface area contributed by atoms with Gasteiger partial charge >= 0.3 is 5.97 Å². The van der Waals surface area contributed by atoms with Crippen molar-refractivity contribution in [2.24, 2.45) is 5.92 Å². The van der Waals surface area contributed by atoms with Gasteiger partial charge in [-0.3, -0.25) is 9.69 Å². The molecule has 27 heavy (non-hydrogen) atoms. The van der Waals surface area contributed by atoms with E-state index in [1.54, 1.807) is 17.3 Å². The summed E-state index contributed by atoms with van der Waals surface area (Å²) < 4.78 is 38.7. The molecule has 1 aromatic carbocycles. The molecule has 0 aliphatic carbocycles. The Kier molecular flexibility index (Phi) is 6.18. The van der Waals surface area contributed by atoms with Crippen molar-refractivity contribution in [3.8, 4) is 0 Å². The number of halogens is 1. The molecule has 2 heterocycles. The highest BCUT2D eigenvalue weighted by atomic mass is 32.2. The predicted octanol–water partition coefficient (Wildman–Crippen LogP) is 2.40. The number of carbonyl (C=O) groups is 1. The third-order valence-electron chi connectivity index (χ3n) is 5.76. The zero-order valence-corrected chi connectivity index (χ0v) is 16.4. The summed E-state index contributed by atoms with van der Waals surface area (Å²) in [7, 11) is -3.05. The first kappa shape index (κ1) is 20.2. The summed E-state index contributed by atoms with van der Waals surface area (Å²) in [4.78, 5) is 13.8. The average Bonchev–Trinajstić information content (AvgIpc) is 2.94. The molecule has 2 fully saturated rings. The van der Waals surface area contributed by atoms with Gasteiger partial charge in [-0.15, -0.1) is 0 Å². The molecule has 0 spiro atoms. The molecule has 0 aromatic heterocycles. The second kappa shape index (κ2) is 8.24. The van der Waals surface area contributed by atoms with Crippen molar-refractivity contribution in [1.29, 1.82) is 0 Å². The highest BCUT2D eigenvalue weighted by Gasteiger charge is 2.33. The van der Waals surface area contributed by atoms with Crippen molar-refractivity contribution in [3.05, 3.63) is 35.1 Å². The molecular weight excluding hydrogens is 371 g/mol. The van der Waals surface area contributed by atoms with E-state index in [4.69, 9.17) is 0 Å². The molecule has 8 heteroatoms.